The average molecular weight is 278 g/mol. The first-order chi connectivity index (χ1) is 9.29. The number of hydrogen-bond donors (Lipinski definition) is 2. The van der Waals surface area contributed by atoms with E-state index in [1.54, 1.807) is 7.11 Å². The highest BCUT2D eigenvalue weighted by Crippen LogP contribution is 2.18. The summed E-state index contributed by atoms with van der Waals surface area (Å²) in [4.78, 5) is 0. The van der Waals surface area contributed by atoms with Gasteiger partial charge >= 0.3 is 0 Å². The molecule has 0 aliphatic heterocycles. The highest BCUT2D eigenvalue weighted by molar-refractivity contribution is 7.80. The third kappa shape index (κ3) is 4.39. The number of thiocarbonyl (C=S) groups is 1. The van der Waals surface area contributed by atoms with Crippen LogP contribution in [0.25, 0.3) is 0 Å². The number of methoxy groups -OCH3 is 1. The molecule has 1 fully saturated rings. The van der Waals surface area contributed by atoms with E-state index in [0.717, 1.165) is 23.8 Å². The van der Waals surface area contributed by atoms with E-state index < -0.39 is 0 Å². The Morgan fingerprint density at radius 1 is 1.32 bits per heavy atom. The molecule has 19 heavy (non-hydrogen) atoms. The molecule has 0 aromatic heterocycles. The molecule has 0 bridgehead atoms. The van der Waals surface area contributed by atoms with Gasteiger partial charge in [-0.05, 0) is 43.1 Å². The van der Waals surface area contributed by atoms with Crippen molar-refractivity contribution in [1.29, 1.82) is 0 Å². The summed E-state index contributed by atoms with van der Waals surface area (Å²) in [6.45, 7) is 0.832. The van der Waals surface area contributed by atoms with Gasteiger partial charge in [-0.2, -0.15) is 0 Å². The zero-order valence-corrected chi connectivity index (χ0v) is 12.3. The summed E-state index contributed by atoms with van der Waals surface area (Å²) in [5.74, 6) is 0.943. The van der Waals surface area contributed by atoms with Crippen molar-refractivity contribution in [1.82, 2.24) is 10.6 Å². The third-order valence-electron chi connectivity index (χ3n) is 3.56. The smallest absolute Gasteiger partial charge is 0.166 e. The van der Waals surface area contributed by atoms with Crippen molar-refractivity contribution in [2.75, 3.05) is 13.7 Å². The lowest BCUT2D eigenvalue weighted by Gasteiger charge is -2.16. The van der Waals surface area contributed by atoms with Gasteiger partial charge in [0, 0.05) is 12.6 Å². The third-order valence-corrected chi connectivity index (χ3v) is 3.82. The minimum Gasteiger partial charge on any atom is -0.496 e. The van der Waals surface area contributed by atoms with Crippen LogP contribution in [0.3, 0.4) is 0 Å². The summed E-state index contributed by atoms with van der Waals surface area (Å²) in [5, 5.41) is 7.44. The maximum atomic E-state index is 5.33. The molecule has 0 radical (unpaired) electrons. The van der Waals surface area contributed by atoms with E-state index in [9.17, 15) is 0 Å². The topological polar surface area (TPSA) is 33.3 Å². The van der Waals surface area contributed by atoms with E-state index in [2.05, 4.69) is 16.7 Å². The van der Waals surface area contributed by atoms with Gasteiger partial charge in [0.15, 0.2) is 5.11 Å². The molecule has 104 valence electrons. The SMILES string of the molecule is COc1ccccc1CCNC(=S)NC1CCCC1. The first-order valence-corrected chi connectivity index (χ1v) is 7.36. The Kier molecular flexibility index (Phi) is 5.45. The second-order valence-corrected chi connectivity index (χ2v) is 5.35. The first kappa shape index (κ1) is 14.1. The van der Waals surface area contributed by atoms with Gasteiger partial charge in [-0.15, -0.1) is 0 Å². The Morgan fingerprint density at radius 2 is 2.05 bits per heavy atom. The van der Waals surface area contributed by atoms with E-state index in [4.69, 9.17) is 17.0 Å². The number of ether oxygens (including phenoxy) is 1. The minimum absolute atomic E-state index is 0.575. The number of hydrogen-bond acceptors (Lipinski definition) is 2. The summed E-state index contributed by atoms with van der Waals surface area (Å²) < 4.78 is 5.33. The van der Waals surface area contributed by atoms with Crippen LogP contribution in [-0.4, -0.2) is 24.8 Å². The molecule has 0 saturated heterocycles. The summed E-state index contributed by atoms with van der Waals surface area (Å²) in [7, 11) is 1.71. The van der Waals surface area contributed by atoms with Crippen LogP contribution in [0.5, 0.6) is 5.75 Å². The maximum absolute atomic E-state index is 5.33. The zero-order valence-electron chi connectivity index (χ0n) is 11.4. The van der Waals surface area contributed by atoms with Crippen molar-refractivity contribution >= 4 is 17.3 Å². The fourth-order valence-electron chi connectivity index (χ4n) is 2.53. The molecule has 2 rings (SSSR count). The Morgan fingerprint density at radius 3 is 2.79 bits per heavy atom. The van der Waals surface area contributed by atoms with Crippen molar-refractivity contribution < 1.29 is 4.74 Å². The van der Waals surface area contributed by atoms with Crippen molar-refractivity contribution in [2.24, 2.45) is 0 Å². The van der Waals surface area contributed by atoms with Gasteiger partial charge < -0.3 is 15.4 Å². The average Bonchev–Trinajstić information content (AvgIpc) is 2.92. The van der Waals surface area contributed by atoms with Crippen LogP contribution in [0.15, 0.2) is 24.3 Å². The highest BCUT2D eigenvalue weighted by atomic mass is 32.1. The van der Waals surface area contributed by atoms with E-state index in [-0.39, 0.29) is 0 Å². The number of nitrogens with one attached hydrogen (secondary N) is 2. The molecule has 4 heteroatoms. The van der Waals surface area contributed by atoms with E-state index in [1.165, 1.54) is 31.2 Å². The zero-order chi connectivity index (χ0) is 13.5. The van der Waals surface area contributed by atoms with Gasteiger partial charge in [0.25, 0.3) is 0 Å². The molecule has 0 atom stereocenters. The van der Waals surface area contributed by atoms with Gasteiger partial charge in [-0.1, -0.05) is 31.0 Å². The molecule has 1 aliphatic rings. The molecule has 0 amide bonds. The van der Waals surface area contributed by atoms with Gasteiger partial charge in [0.05, 0.1) is 7.11 Å². The standard InChI is InChI=1S/C15H22N2OS/c1-18-14-9-5-2-6-12(14)10-11-16-15(19)17-13-7-3-4-8-13/h2,5-6,9,13H,3-4,7-8,10-11H2,1H3,(H2,16,17,19). The van der Waals surface area contributed by atoms with Crippen molar-refractivity contribution in [2.45, 2.75) is 38.1 Å². The first-order valence-electron chi connectivity index (χ1n) is 6.96. The lowest BCUT2D eigenvalue weighted by atomic mass is 10.1. The molecule has 0 spiro atoms. The predicted octanol–water partition coefficient (Wildman–Crippen LogP) is 2.64. The van der Waals surface area contributed by atoms with Crippen LogP contribution in [0.2, 0.25) is 0 Å². The van der Waals surface area contributed by atoms with Crippen LogP contribution in [0.4, 0.5) is 0 Å². The predicted molar refractivity (Wildman–Crippen MR) is 82.7 cm³/mol. The van der Waals surface area contributed by atoms with Crippen LogP contribution in [0, 0.1) is 0 Å². The molecular weight excluding hydrogens is 256 g/mol. The molecular formula is C15H22N2OS. The Balaban J connectivity index is 1.72. The maximum Gasteiger partial charge on any atom is 0.166 e. The molecule has 0 unspecified atom stereocenters. The van der Waals surface area contributed by atoms with Gasteiger partial charge in [0.2, 0.25) is 0 Å². The van der Waals surface area contributed by atoms with Crippen LogP contribution < -0.4 is 15.4 Å². The van der Waals surface area contributed by atoms with Crippen molar-refractivity contribution in [3.05, 3.63) is 29.8 Å². The largest absolute Gasteiger partial charge is 0.496 e. The monoisotopic (exact) mass is 278 g/mol. The van der Waals surface area contributed by atoms with Crippen molar-refractivity contribution in [3.8, 4) is 5.75 Å². The lowest BCUT2D eigenvalue weighted by Crippen LogP contribution is -2.41. The molecule has 0 heterocycles. The van der Waals surface area contributed by atoms with Gasteiger partial charge in [-0.3, -0.25) is 0 Å². The fraction of sp³-hybridized carbons (Fsp3) is 0.533. The number of para-hydroxylation sites is 1. The summed E-state index contributed by atoms with van der Waals surface area (Å²) in [6.07, 6.45) is 6.04. The molecule has 1 aromatic rings. The molecule has 2 N–H and O–H groups in total. The van der Waals surface area contributed by atoms with Crippen LogP contribution >= 0.6 is 12.2 Å². The van der Waals surface area contributed by atoms with Gasteiger partial charge in [0.1, 0.15) is 5.75 Å². The number of benzene rings is 1. The summed E-state index contributed by atoms with van der Waals surface area (Å²) >= 11 is 5.31. The molecule has 1 aromatic carbocycles. The summed E-state index contributed by atoms with van der Waals surface area (Å²) in [6, 6.07) is 8.68. The number of rotatable bonds is 5. The molecule has 1 aliphatic carbocycles. The Hall–Kier alpha value is -1.29. The van der Waals surface area contributed by atoms with Gasteiger partial charge in [-0.25, -0.2) is 0 Å². The fourth-order valence-corrected chi connectivity index (χ4v) is 2.80. The van der Waals surface area contributed by atoms with E-state index >= 15 is 0 Å². The lowest BCUT2D eigenvalue weighted by molar-refractivity contribution is 0.409. The van der Waals surface area contributed by atoms with Crippen LogP contribution in [-0.2, 0) is 6.42 Å². The Bertz CT molecular complexity index is 416. The summed E-state index contributed by atoms with van der Waals surface area (Å²) in [5.41, 5.74) is 1.21. The van der Waals surface area contributed by atoms with Crippen LogP contribution in [0.1, 0.15) is 31.2 Å². The van der Waals surface area contributed by atoms with Crippen molar-refractivity contribution in [3.63, 3.8) is 0 Å². The molecule has 1 saturated carbocycles. The van der Waals surface area contributed by atoms with E-state index in [0.29, 0.717) is 6.04 Å². The minimum atomic E-state index is 0.575. The molecule has 3 nitrogen and oxygen atoms in total. The second kappa shape index (κ2) is 7.34. The normalized spacial score (nSPS) is 15.2. The second-order valence-electron chi connectivity index (χ2n) is 4.94. The Labute approximate surface area is 120 Å². The quantitative estimate of drug-likeness (QED) is 0.811. The van der Waals surface area contributed by atoms with E-state index in [1.807, 2.05) is 18.2 Å². The highest BCUT2D eigenvalue weighted by Gasteiger charge is 2.15.